The number of aromatic hydroxyl groups is 2. The van der Waals surface area contributed by atoms with Crippen LogP contribution < -0.4 is 20.6 Å². The van der Waals surface area contributed by atoms with Gasteiger partial charge in [-0.25, -0.2) is 0 Å². The fraction of sp³-hybridized carbons (Fsp3) is 0.462. The van der Waals surface area contributed by atoms with Gasteiger partial charge in [-0.2, -0.15) is 0 Å². The molecule has 8 heteroatoms. The number of ether oxygens (including phenoxy) is 2. The van der Waals surface area contributed by atoms with E-state index in [9.17, 15) is 19.8 Å². The normalized spacial score (nSPS) is 11.6. The van der Waals surface area contributed by atoms with Gasteiger partial charge in [-0.05, 0) is 37.5 Å². The molecular weight excluding hydrogens is 438 g/mol. The SMILES string of the molecule is COc1c(OCC(N)=O)cc2oc3cc(O)c(CCC(C)C)c(O)c3c(=O)c2c1CCC(C)C. The molecule has 4 N–H and O–H groups in total. The number of fused-ring (bicyclic) bond motifs is 2. The van der Waals surface area contributed by atoms with Crippen molar-refractivity contribution in [1.82, 2.24) is 0 Å². The van der Waals surface area contributed by atoms with Gasteiger partial charge < -0.3 is 29.8 Å². The molecule has 0 atom stereocenters. The number of phenols is 2. The lowest BCUT2D eigenvalue weighted by Crippen LogP contribution is -2.20. The van der Waals surface area contributed by atoms with E-state index in [1.807, 2.05) is 13.8 Å². The van der Waals surface area contributed by atoms with Gasteiger partial charge in [0.25, 0.3) is 5.91 Å². The fourth-order valence-electron chi connectivity index (χ4n) is 4.04. The maximum atomic E-state index is 13.7. The van der Waals surface area contributed by atoms with Crippen molar-refractivity contribution in [2.24, 2.45) is 17.6 Å². The highest BCUT2D eigenvalue weighted by Gasteiger charge is 2.24. The average Bonchev–Trinajstić information content (AvgIpc) is 2.74. The Balaban J connectivity index is 2.36. The minimum atomic E-state index is -0.658. The first-order chi connectivity index (χ1) is 16.0. The molecule has 0 unspecified atom stereocenters. The second kappa shape index (κ2) is 10.2. The third-order valence-electron chi connectivity index (χ3n) is 5.85. The summed E-state index contributed by atoms with van der Waals surface area (Å²) >= 11 is 0. The third kappa shape index (κ3) is 5.05. The average molecular weight is 472 g/mol. The zero-order valence-electron chi connectivity index (χ0n) is 20.4. The number of methoxy groups -OCH3 is 1. The summed E-state index contributed by atoms with van der Waals surface area (Å²) in [5.74, 6) is 0.177. The summed E-state index contributed by atoms with van der Waals surface area (Å²) in [5, 5.41) is 21.8. The lowest BCUT2D eigenvalue weighted by Gasteiger charge is -2.18. The summed E-state index contributed by atoms with van der Waals surface area (Å²) in [5.41, 5.74) is 5.97. The lowest BCUT2D eigenvalue weighted by atomic mass is 9.95. The predicted molar refractivity (Wildman–Crippen MR) is 131 cm³/mol. The largest absolute Gasteiger partial charge is 0.507 e. The van der Waals surface area contributed by atoms with E-state index in [1.54, 1.807) is 0 Å². The molecule has 1 heterocycles. The molecule has 0 aliphatic carbocycles. The summed E-state index contributed by atoms with van der Waals surface area (Å²) in [7, 11) is 1.46. The zero-order chi connectivity index (χ0) is 25.2. The number of hydrogen-bond donors (Lipinski definition) is 3. The van der Waals surface area contributed by atoms with Gasteiger partial charge in [-0.15, -0.1) is 0 Å². The van der Waals surface area contributed by atoms with Gasteiger partial charge >= 0.3 is 0 Å². The maximum Gasteiger partial charge on any atom is 0.255 e. The van der Waals surface area contributed by atoms with E-state index in [0.29, 0.717) is 41.6 Å². The predicted octanol–water partition coefficient (Wildman–Crippen LogP) is 4.41. The molecule has 34 heavy (non-hydrogen) atoms. The van der Waals surface area contributed by atoms with Crippen molar-refractivity contribution >= 4 is 27.8 Å². The van der Waals surface area contributed by atoms with E-state index >= 15 is 0 Å². The van der Waals surface area contributed by atoms with Crippen LogP contribution in [0.4, 0.5) is 0 Å². The third-order valence-corrected chi connectivity index (χ3v) is 5.85. The molecule has 0 saturated carbocycles. The Morgan fingerprint density at radius 3 is 2.15 bits per heavy atom. The molecule has 0 aliphatic heterocycles. The van der Waals surface area contributed by atoms with Crippen molar-refractivity contribution in [3.63, 3.8) is 0 Å². The van der Waals surface area contributed by atoms with E-state index in [4.69, 9.17) is 19.6 Å². The summed E-state index contributed by atoms with van der Waals surface area (Å²) in [6, 6.07) is 2.82. The Bertz CT molecular complexity index is 1270. The van der Waals surface area contributed by atoms with Gasteiger partial charge in [0, 0.05) is 23.3 Å². The van der Waals surface area contributed by atoms with Crippen LogP contribution in [0.2, 0.25) is 0 Å². The highest BCUT2D eigenvalue weighted by atomic mass is 16.5. The quantitative estimate of drug-likeness (QED) is 0.373. The number of primary amides is 1. The lowest BCUT2D eigenvalue weighted by molar-refractivity contribution is -0.119. The first kappa shape index (κ1) is 25.2. The molecule has 3 aromatic rings. The molecule has 184 valence electrons. The monoisotopic (exact) mass is 471 g/mol. The summed E-state index contributed by atoms with van der Waals surface area (Å²) in [4.78, 5) is 25.0. The van der Waals surface area contributed by atoms with E-state index in [-0.39, 0.29) is 45.8 Å². The second-order valence-corrected chi connectivity index (χ2v) is 9.41. The Labute approximate surface area is 198 Å². The van der Waals surface area contributed by atoms with Gasteiger partial charge in [0.15, 0.2) is 18.1 Å². The number of carbonyl (C=O) groups is 1. The van der Waals surface area contributed by atoms with Crippen LogP contribution in [0.1, 0.15) is 51.7 Å². The number of nitrogens with two attached hydrogens (primary N) is 1. The Kier molecular flexibility index (Phi) is 7.59. The van der Waals surface area contributed by atoms with Crippen LogP contribution in [0.5, 0.6) is 23.0 Å². The smallest absolute Gasteiger partial charge is 0.255 e. The summed E-state index contributed by atoms with van der Waals surface area (Å²) in [6.45, 7) is 7.85. The molecule has 8 nitrogen and oxygen atoms in total. The molecular formula is C26H33NO7. The highest BCUT2D eigenvalue weighted by Crippen LogP contribution is 2.41. The molecule has 0 saturated heterocycles. The van der Waals surface area contributed by atoms with Crippen LogP contribution >= 0.6 is 0 Å². The Morgan fingerprint density at radius 2 is 1.59 bits per heavy atom. The van der Waals surface area contributed by atoms with Gasteiger partial charge in [0.2, 0.25) is 5.43 Å². The standard InChI is InChI=1S/C26H33NO7/c1-13(2)6-8-15-17(28)10-18-23(24(15)30)25(31)22-16(9-7-14(3)4)26(32-5)20(11-19(22)34-18)33-12-21(27)29/h10-11,13-14,28,30H,6-9,12H2,1-5H3,(H2,27,29). The van der Waals surface area contributed by atoms with E-state index in [2.05, 4.69) is 13.8 Å². The van der Waals surface area contributed by atoms with Gasteiger partial charge in [-0.3, -0.25) is 9.59 Å². The number of aryl methyl sites for hydroxylation is 1. The van der Waals surface area contributed by atoms with E-state index in [0.717, 1.165) is 12.8 Å². The first-order valence-corrected chi connectivity index (χ1v) is 11.5. The van der Waals surface area contributed by atoms with Crippen molar-refractivity contribution in [3.8, 4) is 23.0 Å². The molecule has 1 aromatic heterocycles. The molecule has 0 spiro atoms. The van der Waals surface area contributed by atoms with Crippen molar-refractivity contribution in [3.05, 3.63) is 33.5 Å². The van der Waals surface area contributed by atoms with E-state index < -0.39 is 11.3 Å². The molecule has 3 rings (SSSR count). The fourth-order valence-corrected chi connectivity index (χ4v) is 4.04. The van der Waals surface area contributed by atoms with Crippen molar-refractivity contribution in [2.45, 2.75) is 53.4 Å². The zero-order valence-corrected chi connectivity index (χ0v) is 20.4. The molecule has 0 aliphatic rings. The van der Waals surface area contributed by atoms with Crippen LogP contribution in [0.15, 0.2) is 21.3 Å². The van der Waals surface area contributed by atoms with Crippen molar-refractivity contribution < 1.29 is 28.9 Å². The van der Waals surface area contributed by atoms with Crippen LogP contribution in [-0.4, -0.2) is 29.8 Å². The van der Waals surface area contributed by atoms with Gasteiger partial charge in [0.1, 0.15) is 28.1 Å². The maximum absolute atomic E-state index is 13.7. The number of carbonyl (C=O) groups excluding carboxylic acids is 1. The Morgan fingerprint density at radius 1 is 1.00 bits per heavy atom. The number of phenolic OH excluding ortho intramolecular Hbond substituents is 2. The molecule has 0 fully saturated rings. The van der Waals surface area contributed by atoms with E-state index in [1.165, 1.54) is 19.2 Å². The summed E-state index contributed by atoms with van der Waals surface area (Å²) < 4.78 is 17.1. The number of hydrogen-bond acceptors (Lipinski definition) is 7. The molecule has 0 bridgehead atoms. The van der Waals surface area contributed by atoms with Crippen LogP contribution in [0, 0.1) is 11.8 Å². The summed E-state index contributed by atoms with van der Waals surface area (Å²) in [6.07, 6.45) is 2.40. The highest BCUT2D eigenvalue weighted by molar-refractivity contribution is 5.97. The first-order valence-electron chi connectivity index (χ1n) is 11.5. The van der Waals surface area contributed by atoms with Gasteiger partial charge in [0.05, 0.1) is 12.5 Å². The van der Waals surface area contributed by atoms with Crippen molar-refractivity contribution in [1.29, 1.82) is 0 Å². The number of rotatable bonds is 10. The van der Waals surface area contributed by atoms with Crippen LogP contribution in [-0.2, 0) is 17.6 Å². The van der Waals surface area contributed by atoms with Crippen molar-refractivity contribution in [2.75, 3.05) is 13.7 Å². The molecule has 0 radical (unpaired) electrons. The topological polar surface area (TPSA) is 132 Å². The number of benzene rings is 2. The van der Waals surface area contributed by atoms with Crippen LogP contribution in [0.3, 0.4) is 0 Å². The van der Waals surface area contributed by atoms with Gasteiger partial charge in [-0.1, -0.05) is 27.7 Å². The number of amides is 1. The molecule has 1 amide bonds. The second-order valence-electron chi connectivity index (χ2n) is 9.41. The van der Waals surface area contributed by atoms with Crippen LogP contribution in [0.25, 0.3) is 21.9 Å². The minimum Gasteiger partial charge on any atom is -0.507 e. The molecule has 2 aromatic carbocycles. The minimum absolute atomic E-state index is 0.0164. The Hall–Kier alpha value is -3.42.